The number of benzene rings is 1. The average Bonchev–Trinajstić information content (AvgIpc) is 2.31. The maximum Gasteiger partial charge on any atom is 0.0892 e. The summed E-state index contributed by atoms with van der Waals surface area (Å²) in [5, 5.41) is 9.59. The lowest BCUT2D eigenvalue weighted by Gasteiger charge is -2.05. The normalized spacial score (nSPS) is 10.3. The van der Waals surface area contributed by atoms with Crippen molar-refractivity contribution in [2.45, 2.75) is 6.61 Å². The maximum atomic E-state index is 8.99. The van der Waals surface area contributed by atoms with Gasteiger partial charge in [-0.15, -0.1) is 0 Å². The number of pyridine rings is 1. The standard InChI is InChI=1S/C12H10ClNO/c13-11-7-6-10(8-15)14-12(11)9-4-2-1-3-5-9/h1-7,15H,8H2. The number of aliphatic hydroxyl groups is 1. The van der Waals surface area contributed by atoms with Crippen LogP contribution in [-0.2, 0) is 6.61 Å². The Balaban J connectivity index is 2.52. The number of hydrogen-bond donors (Lipinski definition) is 1. The molecule has 1 N–H and O–H groups in total. The largest absolute Gasteiger partial charge is 0.390 e. The highest BCUT2D eigenvalue weighted by molar-refractivity contribution is 6.33. The lowest BCUT2D eigenvalue weighted by Crippen LogP contribution is -1.92. The average molecular weight is 220 g/mol. The summed E-state index contributed by atoms with van der Waals surface area (Å²) in [7, 11) is 0. The van der Waals surface area contributed by atoms with E-state index >= 15 is 0 Å². The maximum absolute atomic E-state index is 8.99. The second-order valence-corrected chi connectivity index (χ2v) is 3.56. The van der Waals surface area contributed by atoms with E-state index in [1.807, 2.05) is 30.3 Å². The zero-order valence-electron chi connectivity index (χ0n) is 8.02. The molecule has 2 aromatic rings. The monoisotopic (exact) mass is 219 g/mol. The second kappa shape index (κ2) is 4.43. The lowest BCUT2D eigenvalue weighted by atomic mass is 10.1. The van der Waals surface area contributed by atoms with Crippen LogP contribution in [-0.4, -0.2) is 10.1 Å². The molecule has 0 aliphatic carbocycles. The van der Waals surface area contributed by atoms with Crippen LogP contribution in [0.2, 0.25) is 5.02 Å². The Labute approximate surface area is 93.2 Å². The number of hydrogen-bond acceptors (Lipinski definition) is 2. The van der Waals surface area contributed by atoms with Gasteiger partial charge in [-0.25, -0.2) is 4.98 Å². The first-order valence-electron chi connectivity index (χ1n) is 4.63. The number of halogens is 1. The van der Waals surface area contributed by atoms with Gasteiger partial charge in [0.2, 0.25) is 0 Å². The molecule has 76 valence electrons. The van der Waals surface area contributed by atoms with Crippen molar-refractivity contribution in [1.29, 1.82) is 0 Å². The number of rotatable bonds is 2. The van der Waals surface area contributed by atoms with Gasteiger partial charge in [0.15, 0.2) is 0 Å². The molecular formula is C12H10ClNO. The molecule has 0 amide bonds. The van der Waals surface area contributed by atoms with Crippen LogP contribution in [0.3, 0.4) is 0 Å². The topological polar surface area (TPSA) is 33.1 Å². The molecule has 0 bridgehead atoms. The van der Waals surface area contributed by atoms with Crippen molar-refractivity contribution in [2.75, 3.05) is 0 Å². The van der Waals surface area contributed by atoms with Gasteiger partial charge in [-0.05, 0) is 12.1 Å². The first kappa shape index (κ1) is 10.1. The fourth-order valence-corrected chi connectivity index (χ4v) is 1.58. The van der Waals surface area contributed by atoms with Crippen molar-refractivity contribution in [3.8, 4) is 11.3 Å². The second-order valence-electron chi connectivity index (χ2n) is 3.16. The van der Waals surface area contributed by atoms with Gasteiger partial charge in [0, 0.05) is 5.56 Å². The molecule has 15 heavy (non-hydrogen) atoms. The van der Waals surface area contributed by atoms with Gasteiger partial charge in [0.05, 0.1) is 23.0 Å². The first-order chi connectivity index (χ1) is 7.31. The third-order valence-electron chi connectivity index (χ3n) is 2.11. The Hall–Kier alpha value is -1.38. The van der Waals surface area contributed by atoms with Crippen LogP contribution in [0.1, 0.15) is 5.69 Å². The Morgan fingerprint density at radius 2 is 1.80 bits per heavy atom. The van der Waals surface area contributed by atoms with E-state index in [9.17, 15) is 0 Å². The van der Waals surface area contributed by atoms with E-state index < -0.39 is 0 Å². The van der Waals surface area contributed by atoms with Crippen LogP contribution in [0.4, 0.5) is 0 Å². The highest BCUT2D eigenvalue weighted by Gasteiger charge is 2.05. The molecule has 0 aliphatic rings. The Kier molecular flexibility index (Phi) is 2.99. The highest BCUT2D eigenvalue weighted by atomic mass is 35.5. The van der Waals surface area contributed by atoms with Crippen LogP contribution >= 0.6 is 11.6 Å². The summed E-state index contributed by atoms with van der Waals surface area (Å²) >= 11 is 6.04. The minimum Gasteiger partial charge on any atom is -0.390 e. The van der Waals surface area contributed by atoms with E-state index in [0.717, 1.165) is 5.56 Å². The summed E-state index contributed by atoms with van der Waals surface area (Å²) in [6.45, 7) is -0.0724. The molecule has 2 rings (SSSR count). The molecule has 0 saturated carbocycles. The molecule has 1 heterocycles. The number of nitrogens with zero attached hydrogens (tertiary/aromatic N) is 1. The molecule has 1 aromatic carbocycles. The molecule has 3 heteroatoms. The van der Waals surface area contributed by atoms with E-state index in [1.165, 1.54) is 0 Å². The smallest absolute Gasteiger partial charge is 0.0892 e. The van der Waals surface area contributed by atoms with Gasteiger partial charge < -0.3 is 5.11 Å². The molecule has 2 nitrogen and oxygen atoms in total. The van der Waals surface area contributed by atoms with Crippen LogP contribution in [0.25, 0.3) is 11.3 Å². The van der Waals surface area contributed by atoms with Gasteiger partial charge in [0.25, 0.3) is 0 Å². The molecule has 1 aromatic heterocycles. The third kappa shape index (κ3) is 2.17. The van der Waals surface area contributed by atoms with Gasteiger partial charge in [0.1, 0.15) is 0 Å². The van der Waals surface area contributed by atoms with Crippen molar-refractivity contribution in [3.05, 3.63) is 53.2 Å². The molecule has 0 atom stereocenters. The predicted molar refractivity (Wildman–Crippen MR) is 60.6 cm³/mol. The molecule has 0 spiro atoms. The van der Waals surface area contributed by atoms with E-state index in [-0.39, 0.29) is 6.61 Å². The molecule has 0 saturated heterocycles. The minimum atomic E-state index is -0.0724. The number of aliphatic hydroxyl groups excluding tert-OH is 1. The zero-order valence-corrected chi connectivity index (χ0v) is 8.78. The van der Waals surface area contributed by atoms with Crippen LogP contribution in [0, 0.1) is 0 Å². The Bertz CT molecular complexity index is 456. The SMILES string of the molecule is OCc1ccc(Cl)c(-c2ccccc2)n1. The van der Waals surface area contributed by atoms with E-state index in [1.54, 1.807) is 12.1 Å². The van der Waals surface area contributed by atoms with E-state index in [4.69, 9.17) is 16.7 Å². The fraction of sp³-hybridized carbons (Fsp3) is 0.0833. The van der Waals surface area contributed by atoms with Gasteiger partial charge >= 0.3 is 0 Å². The molecule has 0 unspecified atom stereocenters. The Morgan fingerprint density at radius 1 is 1.07 bits per heavy atom. The predicted octanol–water partition coefficient (Wildman–Crippen LogP) is 2.89. The van der Waals surface area contributed by atoms with Crippen molar-refractivity contribution in [3.63, 3.8) is 0 Å². The summed E-state index contributed by atoms with van der Waals surface area (Å²) < 4.78 is 0. The quantitative estimate of drug-likeness (QED) is 0.843. The summed E-state index contributed by atoms with van der Waals surface area (Å²) in [6.07, 6.45) is 0. The van der Waals surface area contributed by atoms with Crippen LogP contribution in [0.5, 0.6) is 0 Å². The van der Waals surface area contributed by atoms with Crippen molar-refractivity contribution < 1.29 is 5.11 Å². The third-order valence-corrected chi connectivity index (χ3v) is 2.42. The molecule has 0 fully saturated rings. The highest BCUT2D eigenvalue weighted by Crippen LogP contribution is 2.25. The lowest BCUT2D eigenvalue weighted by molar-refractivity contribution is 0.277. The van der Waals surface area contributed by atoms with Gasteiger partial charge in [-0.1, -0.05) is 41.9 Å². The molecule has 0 aliphatic heterocycles. The van der Waals surface area contributed by atoms with Crippen molar-refractivity contribution in [2.24, 2.45) is 0 Å². The summed E-state index contributed by atoms with van der Waals surface area (Å²) in [4.78, 5) is 4.28. The summed E-state index contributed by atoms with van der Waals surface area (Å²) in [5.41, 5.74) is 2.29. The van der Waals surface area contributed by atoms with Crippen LogP contribution in [0.15, 0.2) is 42.5 Å². The van der Waals surface area contributed by atoms with Crippen LogP contribution < -0.4 is 0 Å². The molecule has 0 radical (unpaired) electrons. The van der Waals surface area contributed by atoms with E-state index in [2.05, 4.69) is 4.98 Å². The van der Waals surface area contributed by atoms with E-state index in [0.29, 0.717) is 16.4 Å². The zero-order chi connectivity index (χ0) is 10.7. The van der Waals surface area contributed by atoms with Gasteiger partial charge in [-0.3, -0.25) is 0 Å². The summed E-state index contributed by atoms with van der Waals surface area (Å²) in [5.74, 6) is 0. The fourth-order valence-electron chi connectivity index (χ4n) is 1.37. The first-order valence-corrected chi connectivity index (χ1v) is 5.01. The Morgan fingerprint density at radius 3 is 2.47 bits per heavy atom. The van der Waals surface area contributed by atoms with Crippen molar-refractivity contribution in [1.82, 2.24) is 4.98 Å². The molecular weight excluding hydrogens is 210 g/mol. The number of aromatic nitrogens is 1. The van der Waals surface area contributed by atoms with Crippen molar-refractivity contribution >= 4 is 11.6 Å². The summed E-state index contributed by atoms with van der Waals surface area (Å²) in [6, 6.07) is 13.1. The van der Waals surface area contributed by atoms with Gasteiger partial charge in [-0.2, -0.15) is 0 Å². The minimum absolute atomic E-state index is 0.0724.